The Morgan fingerprint density at radius 3 is 3.05 bits per heavy atom. The molecule has 1 aliphatic heterocycles. The first-order valence-electron chi connectivity index (χ1n) is 6.58. The van der Waals surface area contributed by atoms with Crippen LogP contribution in [0.5, 0.6) is 0 Å². The second-order valence-corrected chi connectivity index (χ2v) is 4.52. The van der Waals surface area contributed by atoms with Gasteiger partial charge in [-0.25, -0.2) is 15.0 Å². The van der Waals surface area contributed by atoms with Crippen LogP contribution >= 0.6 is 0 Å². The summed E-state index contributed by atoms with van der Waals surface area (Å²) in [6, 6.07) is 0.130. The molecule has 0 aromatic carbocycles. The maximum Gasteiger partial charge on any atom is 0.303 e. The van der Waals surface area contributed by atoms with Gasteiger partial charge in [0.15, 0.2) is 0 Å². The van der Waals surface area contributed by atoms with Gasteiger partial charge in [-0.2, -0.15) is 0 Å². The van der Waals surface area contributed by atoms with Gasteiger partial charge >= 0.3 is 6.02 Å². The molecule has 0 saturated carbocycles. The summed E-state index contributed by atoms with van der Waals surface area (Å²) in [6.07, 6.45) is 9.22. The number of aliphatic imine (C=N–C) groups is 1. The van der Waals surface area contributed by atoms with E-state index in [1.807, 2.05) is 10.8 Å². The van der Waals surface area contributed by atoms with E-state index < -0.39 is 0 Å². The Bertz CT molecular complexity index is 517. The van der Waals surface area contributed by atoms with Gasteiger partial charge in [0.1, 0.15) is 6.34 Å². The molecule has 0 saturated heterocycles. The van der Waals surface area contributed by atoms with Gasteiger partial charge in [0.05, 0.1) is 32.2 Å². The molecule has 2 rings (SSSR count). The van der Waals surface area contributed by atoms with Crippen LogP contribution in [-0.2, 0) is 11.3 Å². The van der Waals surface area contributed by atoms with E-state index in [9.17, 15) is 0 Å². The normalized spacial score (nSPS) is 15.9. The lowest BCUT2D eigenvalue weighted by molar-refractivity contribution is 0.368. The van der Waals surface area contributed by atoms with E-state index in [2.05, 4.69) is 22.0 Å². The van der Waals surface area contributed by atoms with Gasteiger partial charge < -0.3 is 15.0 Å². The van der Waals surface area contributed by atoms with Gasteiger partial charge in [0.25, 0.3) is 0 Å². The Labute approximate surface area is 118 Å². The first-order valence-corrected chi connectivity index (χ1v) is 6.58. The standard InChI is InChI=1S/C13H20N6O/c1-3-4-11-7-19(17-13(14)20-2)10-16-12(11)8-18-6-5-15-9-18/h5-6,9-10H,3-4,7-8H2,1-2H3,(H2,14,17). The van der Waals surface area contributed by atoms with Crippen molar-refractivity contribution >= 4 is 12.4 Å². The lowest BCUT2D eigenvalue weighted by Crippen LogP contribution is -2.28. The molecule has 0 unspecified atom stereocenters. The molecular weight excluding hydrogens is 256 g/mol. The summed E-state index contributed by atoms with van der Waals surface area (Å²) in [6.45, 7) is 3.56. The maximum atomic E-state index is 5.56. The molecule has 20 heavy (non-hydrogen) atoms. The number of amidine groups is 1. The number of allylic oxidation sites excluding steroid dienone is 1. The second-order valence-electron chi connectivity index (χ2n) is 4.52. The third-order valence-corrected chi connectivity index (χ3v) is 2.99. The number of hydrogen-bond donors (Lipinski definition) is 1. The molecule has 1 aromatic heterocycles. The molecular formula is C13H20N6O. The van der Waals surface area contributed by atoms with Gasteiger partial charge in [-0.05, 0) is 12.0 Å². The van der Waals surface area contributed by atoms with Crippen molar-refractivity contribution in [3.05, 3.63) is 30.0 Å². The van der Waals surface area contributed by atoms with Crippen LogP contribution in [0.15, 0.2) is 40.1 Å². The van der Waals surface area contributed by atoms with Gasteiger partial charge in [-0.1, -0.05) is 13.3 Å². The number of nitrogens with two attached hydrogens (primary N) is 1. The number of nitrogens with zero attached hydrogens (tertiary/aromatic N) is 5. The number of methoxy groups -OCH3 is 1. The number of hydrogen-bond acceptors (Lipinski definition) is 5. The molecule has 2 heterocycles. The third kappa shape index (κ3) is 3.59. The fourth-order valence-corrected chi connectivity index (χ4v) is 2.01. The van der Waals surface area contributed by atoms with Crippen LogP contribution in [0.25, 0.3) is 0 Å². The quantitative estimate of drug-likeness (QED) is 0.646. The smallest absolute Gasteiger partial charge is 0.303 e. The fourth-order valence-electron chi connectivity index (χ4n) is 2.01. The Hall–Kier alpha value is -2.31. The summed E-state index contributed by atoms with van der Waals surface area (Å²) >= 11 is 0. The van der Waals surface area contributed by atoms with Gasteiger partial charge in [-0.15, -0.1) is 5.10 Å². The van der Waals surface area contributed by atoms with Crippen LogP contribution in [0.1, 0.15) is 19.8 Å². The van der Waals surface area contributed by atoms with Crippen molar-refractivity contribution in [2.75, 3.05) is 13.7 Å². The average Bonchev–Trinajstić information content (AvgIpc) is 2.95. The van der Waals surface area contributed by atoms with Crippen LogP contribution in [0.2, 0.25) is 0 Å². The molecule has 2 N–H and O–H groups in total. The minimum Gasteiger partial charge on any atom is -0.468 e. The number of hydrazone groups is 1. The first kappa shape index (κ1) is 14.1. The van der Waals surface area contributed by atoms with Crippen LogP contribution in [-0.4, -0.2) is 40.6 Å². The van der Waals surface area contributed by atoms with Gasteiger partial charge in [-0.3, -0.25) is 0 Å². The van der Waals surface area contributed by atoms with Crippen molar-refractivity contribution in [2.24, 2.45) is 15.8 Å². The Balaban J connectivity index is 2.13. The lowest BCUT2D eigenvalue weighted by atomic mass is 10.1. The van der Waals surface area contributed by atoms with Crippen molar-refractivity contribution < 1.29 is 4.74 Å². The van der Waals surface area contributed by atoms with Crippen molar-refractivity contribution in [2.45, 2.75) is 26.3 Å². The van der Waals surface area contributed by atoms with Crippen molar-refractivity contribution in [3.63, 3.8) is 0 Å². The first-order chi connectivity index (χ1) is 9.72. The summed E-state index contributed by atoms with van der Waals surface area (Å²) in [7, 11) is 1.49. The molecule has 0 radical (unpaired) electrons. The molecule has 1 aliphatic rings. The van der Waals surface area contributed by atoms with Crippen LogP contribution in [0, 0.1) is 0 Å². The van der Waals surface area contributed by atoms with Crippen LogP contribution in [0.3, 0.4) is 0 Å². The van der Waals surface area contributed by atoms with E-state index in [-0.39, 0.29) is 6.02 Å². The van der Waals surface area contributed by atoms with E-state index in [1.54, 1.807) is 23.9 Å². The molecule has 1 aromatic rings. The summed E-state index contributed by atoms with van der Waals surface area (Å²) in [4.78, 5) is 8.53. The molecule has 7 nitrogen and oxygen atoms in total. The average molecular weight is 276 g/mol. The topological polar surface area (TPSA) is 81.0 Å². The van der Waals surface area contributed by atoms with Crippen molar-refractivity contribution in [3.8, 4) is 0 Å². The summed E-state index contributed by atoms with van der Waals surface area (Å²) in [5, 5.41) is 5.82. The zero-order valence-electron chi connectivity index (χ0n) is 11.9. The second kappa shape index (κ2) is 6.74. The minimum atomic E-state index is 0.130. The molecule has 108 valence electrons. The number of imidazole rings is 1. The molecule has 7 heteroatoms. The highest BCUT2D eigenvalue weighted by atomic mass is 16.5. The van der Waals surface area contributed by atoms with Gasteiger partial charge in [0.2, 0.25) is 0 Å². The molecule has 0 spiro atoms. The molecule has 0 bridgehead atoms. The predicted octanol–water partition coefficient (Wildman–Crippen LogP) is 1.16. The van der Waals surface area contributed by atoms with Crippen LogP contribution < -0.4 is 5.73 Å². The Morgan fingerprint density at radius 1 is 1.55 bits per heavy atom. The monoisotopic (exact) mass is 276 g/mol. The van der Waals surface area contributed by atoms with E-state index in [0.29, 0.717) is 6.54 Å². The highest BCUT2D eigenvalue weighted by Gasteiger charge is 2.15. The van der Waals surface area contributed by atoms with Crippen molar-refractivity contribution in [1.82, 2.24) is 14.6 Å². The van der Waals surface area contributed by atoms with E-state index in [4.69, 9.17) is 10.5 Å². The molecule has 0 atom stereocenters. The SMILES string of the molecule is CCCC1=C(Cn2ccnc2)N=CN(/N=C(\N)OC)C1. The summed E-state index contributed by atoms with van der Waals surface area (Å²) in [5.41, 5.74) is 7.89. The van der Waals surface area contributed by atoms with Crippen LogP contribution in [0.4, 0.5) is 0 Å². The largest absolute Gasteiger partial charge is 0.468 e. The maximum absolute atomic E-state index is 5.56. The summed E-state index contributed by atoms with van der Waals surface area (Å²) < 4.78 is 6.86. The number of aromatic nitrogens is 2. The van der Waals surface area contributed by atoms with E-state index in [1.165, 1.54) is 12.7 Å². The van der Waals surface area contributed by atoms with Gasteiger partial charge in [0, 0.05) is 12.4 Å². The molecule has 0 amide bonds. The molecule has 0 fully saturated rings. The highest BCUT2D eigenvalue weighted by Crippen LogP contribution is 2.19. The molecule has 0 aliphatic carbocycles. The predicted molar refractivity (Wildman–Crippen MR) is 78.0 cm³/mol. The number of rotatable bonds is 5. The zero-order valence-corrected chi connectivity index (χ0v) is 11.9. The third-order valence-electron chi connectivity index (χ3n) is 2.99. The Morgan fingerprint density at radius 2 is 2.40 bits per heavy atom. The lowest BCUT2D eigenvalue weighted by Gasteiger charge is -2.22. The summed E-state index contributed by atoms with van der Waals surface area (Å²) in [5.74, 6) is 0. The van der Waals surface area contributed by atoms with E-state index in [0.717, 1.165) is 25.1 Å². The Kier molecular flexibility index (Phi) is 4.75. The van der Waals surface area contributed by atoms with Crippen molar-refractivity contribution in [1.29, 1.82) is 0 Å². The van der Waals surface area contributed by atoms with E-state index >= 15 is 0 Å². The number of ether oxygens (including phenoxy) is 1. The minimum absolute atomic E-state index is 0.130. The highest BCUT2D eigenvalue weighted by molar-refractivity contribution is 5.72. The zero-order chi connectivity index (χ0) is 14.4. The fraction of sp³-hybridized carbons (Fsp3) is 0.462.